The molecule has 0 saturated carbocycles. The van der Waals surface area contributed by atoms with Crippen molar-refractivity contribution in [3.63, 3.8) is 0 Å². The summed E-state index contributed by atoms with van der Waals surface area (Å²) in [4.78, 5) is 11.0. The van der Waals surface area contributed by atoms with Crippen LogP contribution < -0.4 is 8.92 Å². The largest absolute Gasteiger partial charge is 0.493 e. The summed E-state index contributed by atoms with van der Waals surface area (Å²) in [5.41, 5.74) is 0.628. The van der Waals surface area contributed by atoms with Crippen LogP contribution in [0.5, 0.6) is 11.5 Å². The predicted octanol–water partition coefficient (Wildman–Crippen LogP) is 2.31. The number of methoxy groups -OCH3 is 1. The van der Waals surface area contributed by atoms with Crippen LogP contribution in [0.1, 0.15) is 15.9 Å². The van der Waals surface area contributed by atoms with Crippen LogP contribution in [-0.4, -0.2) is 29.9 Å². The number of ether oxygens (including phenoxy) is 1. The second-order valence-corrected chi connectivity index (χ2v) is 4.46. The standard InChI is InChI=1S/C10H11IO5S/c1-15-8-5-7(10(13)14)6(2-3-12)4-9(8)16-17-11/h4-5,12H,2-3H2,1H3,(H,13,14). The molecule has 1 aromatic carbocycles. The molecular formula is C10H11IO5S. The third-order valence-electron chi connectivity index (χ3n) is 2.12. The number of benzene rings is 1. The molecule has 7 heteroatoms. The van der Waals surface area contributed by atoms with Crippen LogP contribution in [-0.2, 0) is 6.42 Å². The van der Waals surface area contributed by atoms with E-state index in [1.54, 1.807) is 6.07 Å². The van der Waals surface area contributed by atoms with Gasteiger partial charge in [0.1, 0.15) is 9.21 Å². The molecule has 0 amide bonds. The highest BCUT2D eigenvalue weighted by atomic mass is 127. The molecule has 94 valence electrons. The molecule has 0 heterocycles. The fraction of sp³-hybridized carbons (Fsp3) is 0.300. The van der Waals surface area contributed by atoms with E-state index in [2.05, 4.69) is 0 Å². The van der Waals surface area contributed by atoms with Crippen LogP contribution in [0.2, 0.25) is 0 Å². The van der Waals surface area contributed by atoms with Gasteiger partial charge in [-0.15, -0.1) is 0 Å². The summed E-state index contributed by atoms with van der Waals surface area (Å²) in [5, 5.41) is 17.9. The maximum absolute atomic E-state index is 11.0. The molecule has 0 aliphatic heterocycles. The minimum Gasteiger partial charge on any atom is -0.493 e. The van der Waals surface area contributed by atoms with E-state index in [1.807, 2.05) is 21.2 Å². The molecule has 1 rings (SSSR count). The van der Waals surface area contributed by atoms with Crippen molar-refractivity contribution in [2.75, 3.05) is 13.7 Å². The molecular weight excluding hydrogens is 359 g/mol. The van der Waals surface area contributed by atoms with Gasteiger partial charge in [-0.3, -0.25) is 0 Å². The Balaban J connectivity index is 3.25. The number of carboxylic acid groups (broad SMARTS) is 1. The van der Waals surface area contributed by atoms with Crippen molar-refractivity contribution in [3.05, 3.63) is 23.3 Å². The first kappa shape index (κ1) is 14.4. The molecule has 17 heavy (non-hydrogen) atoms. The predicted molar refractivity (Wildman–Crippen MR) is 73.0 cm³/mol. The average molecular weight is 370 g/mol. The molecule has 0 radical (unpaired) electrons. The van der Waals surface area contributed by atoms with Crippen LogP contribution >= 0.6 is 30.4 Å². The first-order valence-corrected chi connectivity index (χ1v) is 7.92. The summed E-state index contributed by atoms with van der Waals surface area (Å²) in [6.07, 6.45) is 0.258. The maximum atomic E-state index is 11.0. The van der Waals surface area contributed by atoms with Crippen molar-refractivity contribution >= 4 is 36.4 Å². The van der Waals surface area contributed by atoms with Crippen LogP contribution in [0.3, 0.4) is 0 Å². The van der Waals surface area contributed by atoms with Crippen molar-refractivity contribution < 1.29 is 23.9 Å². The minimum absolute atomic E-state index is 0.113. The fourth-order valence-electron chi connectivity index (χ4n) is 1.39. The number of aliphatic hydroxyl groups is 1. The molecule has 0 spiro atoms. The molecule has 0 atom stereocenters. The number of rotatable bonds is 6. The maximum Gasteiger partial charge on any atom is 0.336 e. The Hall–Kier alpha value is -0.670. The number of aliphatic hydroxyl groups excluding tert-OH is 1. The van der Waals surface area contributed by atoms with Gasteiger partial charge in [0.2, 0.25) is 0 Å². The van der Waals surface area contributed by atoms with Crippen LogP contribution in [0.4, 0.5) is 0 Å². The van der Waals surface area contributed by atoms with Gasteiger partial charge in [-0.25, -0.2) is 4.79 Å². The van der Waals surface area contributed by atoms with Gasteiger partial charge in [0, 0.05) is 27.8 Å². The summed E-state index contributed by atoms with van der Waals surface area (Å²) in [5.74, 6) is -0.256. The highest BCUT2D eigenvalue weighted by molar-refractivity contribution is 14.2. The zero-order valence-corrected chi connectivity index (χ0v) is 11.9. The van der Waals surface area contributed by atoms with Crippen molar-refractivity contribution in [1.82, 2.24) is 0 Å². The molecule has 0 bridgehead atoms. The Morgan fingerprint density at radius 1 is 1.47 bits per heavy atom. The van der Waals surface area contributed by atoms with Gasteiger partial charge in [-0.1, -0.05) is 0 Å². The number of carbonyl (C=O) groups is 1. The summed E-state index contributed by atoms with van der Waals surface area (Å²) in [7, 11) is 2.55. The van der Waals surface area contributed by atoms with E-state index >= 15 is 0 Å². The van der Waals surface area contributed by atoms with Gasteiger partial charge >= 0.3 is 5.97 Å². The van der Waals surface area contributed by atoms with Gasteiger partial charge in [0.05, 0.1) is 12.7 Å². The molecule has 1 aromatic rings. The lowest BCUT2D eigenvalue weighted by Gasteiger charge is -2.11. The van der Waals surface area contributed by atoms with Gasteiger partial charge in [0.25, 0.3) is 0 Å². The Morgan fingerprint density at radius 3 is 2.65 bits per heavy atom. The monoisotopic (exact) mass is 370 g/mol. The second-order valence-electron chi connectivity index (χ2n) is 3.09. The topological polar surface area (TPSA) is 76.0 Å². The number of carboxylic acids is 1. The third kappa shape index (κ3) is 3.65. The summed E-state index contributed by atoms with van der Waals surface area (Å²) in [6, 6.07) is 2.97. The van der Waals surface area contributed by atoms with Crippen molar-refractivity contribution in [3.8, 4) is 11.5 Å². The van der Waals surface area contributed by atoms with Crippen molar-refractivity contribution in [2.24, 2.45) is 0 Å². The quantitative estimate of drug-likeness (QED) is 0.591. The number of aromatic carboxylic acids is 1. The Morgan fingerprint density at radius 2 is 2.18 bits per heavy atom. The van der Waals surface area contributed by atoms with Crippen LogP contribution in [0, 0.1) is 0 Å². The van der Waals surface area contributed by atoms with E-state index in [0.717, 1.165) is 9.21 Å². The Bertz CT molecular complexity index is 410. The lowest BCUT2D eigenvalue weighted by Crippen LogP contribution is -2.05. The summed E-state index contributed by atoms with van der Waals surface area (Å²) >= 11 is 1.95. The summed E-state index contributed by atoms with van der Waals surface area (Å²) < 4.78 is 10.3. The zero-order chi connectivity index (χ0) is 12.8. The number of hydrogen-bond donors (Lipinski definition) is 2. The number of halogens is 1. The van der Waals surface area contributed by atoms with E-state index < -0.39 is 5.97 Å². The zero-order valence-electron chi connectivity index (χ0n) is 8.97. The van der Waals surface area contributed by atoms with E-state index in [4.69, 9.17) is 19.1 Å². The minimum atomic E-state index is -1.06. The van der Waals surface area contributed by atoms with Gasteiger partial charge in [-0.2, -0.15) is 0 Å². The highest BCUT2D eigenvalue weighted by Gasteiger charge is 2.16. The molecule has 0 aromatic heterocycles. The summed E-state index contributed by atoms with van der Waals surface area (Å²) in [6.45, 7) is -0.122. The van der Waals surface area contributed by atoms with Gasteiger partial charge < -0.3 is 19.1 Å². The highest BCUT2D eigenvalue weighted by Crippen LogP contribution is 2.34. The first-order chi connectivity index (χ1) is 8.13. The van der Waals surface area contributed by atoms with Crippen molar-refractivity contribution in [2.45, 2.75) is 6.42 Å². The molecule has 2 N–H and O–H groups in total. The molecule has 0 fully saturated rings. The van der Waals surface area contributed by atoms with E-state index in [-0.39, 0.29) is 18.6 Å². The third-order valence-corrected chi connectivity index (χ3v) is 2.90. The molecule has 0 aliphatic rings. The van der Waals surface area contributed by atoms with Crippen LogP contribution in [0.25, 0.3) is 0 Å². The van der Waals surface area contributed by atoms with Crippen molar-refractivity contribution in [1.29, 1.82) is 0 Å². The van der Waals surface area contributed by atoms with E-state index in [1.165, 1.54) is 13.2 Å². The fourth-order valence-corrected chi connectivity index (χ4v) is 2.17. The molecule has 5 nitrogen and oxygen atoms in total. The first-order valence-electron chi connectivity index (χ1n) is 4.64. The molecule has 0 saturated heterocycles. The Kier molecular flexibility index (Phi) is 5.86. The normalized spacial score (nSPS) is 10.1. The SMILES string of the molecule is COc1cc(C(=O)O)c(CCO)cc1OSI. The smallest absolute Gasteiger partial charge is 0.336 e. The van der Waals surface area contributed by atoms with Crippen LogP contribution in [0.15, 0.2) is 12.1 Å². The van der Waals surface area contributed by atoms with Gasteiger partial charge in [0.15, 0.2) is 11.5 Å². The molecule has 0 aliphatic carbocycles. The van der Waals surface area contributed by atoms with E-state index in [9.17, 15) is 4.79 Å². The second kappa shape index (κ2) is 6.92. The Labute approximate surface area is 115 Å². The molecule has 0 unspecified atom stereocenters. The number of hydrogen-bond acceptors (Lipinski definition) is 5. The van der Waals surface area contributed by atoms with E-state index in [0.29, 0.717) is 17.1 Å². The van der Waals surface area contributed by atoms with Gasteiger partial charge in [-0.05, 0) is 24.1 Å². The average Bonchev–Trinajstić information content (AvgIpc) is 2.30. The lowest BCUT2D eigenvalue weighted by molar-refractivity contribution is 0.0695. The lowest BCUT2D eigenvalue weighted by atomic mass is 10.0.